The maximum atomic E-state index is 11.8. The first kappa shape index (κ1) is 14.6. The molecule has 0 aliphatic rings. The van der Waals surface area contributed by atoms with Crippen molar-refractivity contribution < 1.29 is 15.0 Å². The highest BCUT2D eigenvalue weighted by Gasteiger charge is 2.07. The maximum Gasteiger partial charge on any atom is 0.234 e. The zero-order valence-corrected chi connectivity index (χ0v) is 11.9. The lowest BCUT2D eigenvalue weighted by Gasteiger charge is -2.07. The fourth-order valence-corrected chi connectivity index (χ4v) is 2.47. The number of phenols is 2. The number of aromatic hydroxyl groups is 2. The fourth-order valence-electron chi connectivity index (χ4n) is 1.49. The molecule has 0 aromatic heterocycles. The molecule has 104 valence electrons. The largest absolute Gasteiger partial charge is 0.506 e. The molecule has 0 fully saturated rings. The molecule has 0 heterocycles. The maximum absolute atomic E-state index is 11.8. The minimum atomic E-state index is -0.235. The smallest absolute Gasteiger partial charge is 0.234 e. The zero-order valence-electron chi connectivity index (χ0n) is 10.3. The van der Waals surface area contributed by atoms with E-state index in [0.717, 1.165) is 4.90 Å². The van der Waals surface area contributed by atoms with Gasteiger partial charge in [-0.15, -0.1) is 11.8 Å². The van der Waals surface area contributed by atoms with Crippen molar-refractivity contribution in [3.8, 4) is 11.5 Å². The highest BCUT2D eigenvalue weighted by molar-refractivity contribution is 8.00. The molecule has 2 aromatic carbocycles. The molecule has 3 N–H and O–H groups in total. The predicted molar refractivity (Wildman–Crippen MR) is 80.6 cm³/mol. The zero-order chi connectivity index (χ0) is 14.5. The van der Waals surface area contributed by atoms with Crippen LogP contribution >= 0.6 is 23.4 Å². The lowest BCUT2D eigenvalue weighted by molar-refractivity contribution is -0.113. The second-order valence-electron chi connectivity index (χ2n) is 3.97. The van der Waals surface area contributed by atoms with Crippen molar-refractivity contribution in [2.75, 3.05) is 11.1 Å². The van der Waals surface area contributed by atoms with Gasteiger partial charge in [0.25, 0.3) is 0 Å². The number of para-hydroxylation sites is 2. The van der Waals surface area contributed by atoms with Gasteiger partial charge in [0.2, 0.25) is 5.91 Å². The van der Waals surface area contributed by atoms with Crippen LogP contribution in [-0.2, 0) is 4.79 Å². The Morgan fingerprint density at radius 1 is 1.15 bits per heavy atom. The monoisotopic (exact) mass is 309 g/mol. The fraction of sp³-hybridized carbons (Fsp3) is 0.0714. The number of thioether (sulfide) groups is 1. The molecular weight excluding hydrogens is 298 g/mol. The molecule has 1 amide bonds. The molecule has 2 rings (SSSR count). The number of hydrogen-bond donors (Lipinski definition) is 3. The second kappa shape index (κ2) is 6.54. The van der Waals surface area contributed by atoms with Gasteiger partial charge in [-0.25, -0.2) is 0 Å². The Balaban J connectivity index is 1.92. The van der Waals surface area contributed by atoms with Crippen molar-refractivity contribution in [1.29, 1.82) is 0 Å². The van der Waals surface area contributed by atoms with Crippen molar-refractivity contribution in [2.24, 2.45) is 0 Å². The van der Waals surface area contributed by atoms with Gasteiger partial charge in [-0.2, -0.15) is 0 Å². The molecule has 0 spiro atoms. The van der Waals surface area contributed by atoms with E-state index in [0.29, 0.717) is 5.69 Å². The Morgan fingerprint density at radius 3 is 2.60 bits per heavy atom. The quantitative estimate of drug-likeness (QED) is 0.597. The van der Waals surface area contributed by atoms with E-state index in [2.05, 4.69) is 5.32 Å². The van der Waals surface area contributed by atoms with Crippen LogP contribution in [0.15, 0.2) is 47.4 Å². The van der Waals surface area contributed by atoms with Gasteiger partial charge < -0.3 is 15.5 Å². The Bertz CT molecular complexity index is 634. The van der Waals surface area contributed by atoms with Crippen LogP contribution in [0.1, 0.15) is 0 Å². The van der Waals surface area contributed by atoms with Crippen molar-refractivity contribution in [1.82, 2.24) is 0 Å². The number of rotatable bonds is 4. The van der Waals surface area contributed by atoms with E-state index < -0.39 is 0 Å². The van der Waals surface area contributed by atoms with Crippen LogP contribution in [0.25, 0.3) is 0 Å². The third-order valence-electron chi connectivity index (χ3n) is 2.47. The summed E-state index contributed by atoms with van der Waals surface area (Å²) in [5, 5.41) is 21.7. The second-order valence-corrected chi connectivity index (χ2v) is 5.42. The van der Waals surface area contributed by atoms with E-state index in [-0.39, 0.29) is 28.2 Å². The van der Waals surface area contributed by atoms with Gasteiger partial charge >= 0.3 is 0 Å². The Morgan fingerprint density at radius 2 is 1.90 bits per heavy atom. The van der Waals surface area contributed by atoms with Crippen LogP contribution in [0.2, 0.25) is 5.02 Å². The van der Waals surface area contributed by atoms with Crippen LogP contribution in [-0.4, -0.2) is 21.9 Å². The number of amides is 1. The standard InChI is InChI=1S/C14H12ClNO3S/c15-10-7-9(5-6-12(10)17)20-8-14(19)16-11-3-1-2-4-13(11)18/h1-7,17-18H,8H2,(H,16,19). The number of carbonyl (C=O) groups is 1. The number of halogens is 1. The van der Waals surface area contributed by atoms with E-state index >= 15 is 0 Å². The summed E-state index contributed by atoms with van der Waals surface area (Å²) in [6.45, 7) is 0. The number of nitrogens with one attached hydrogen (secondary N) is 1. The molecule has 4 nitrogen and oxygen atoms in total. The van der Waals surface area contributed by atoms with Gasteiger partial charge in [0.15, 0.2) is 0 Å². The summed E-state index contributed by atoms with van der Waals surface area (Å²) in [7, 11) is 0. The first-order valence-electron chi connectivity index (χ1n) is 5.75. The molecule has 0 saturated carbocycles. The number of carbonyl (C=O) groups excluding carboxylic acids is 1. The molecule has 20 heavy (non-hydrogen) atoms. The SMILES string of the molecule is O=C(CSc1ccc(O)c(Cl)c1)Nc1ccccc1O. The summed E-state index contributed by atoms with van der Waals surface area (Å²) in [6, 6.07) is 11.3. The van der Waals surface area contributed by atoms with Gasteiger partial charge in [-0.1, -0.05) is 23.7 Å². The van der Waals surface area contributed by atoms with Crippen LogP contribution in [0, 0.1) is 0 Å². The minimum Gasteiger partial charge on any atom is -0.506 e. The normalized spacial score (nSPS) is 10.2. The molecule has 0 unspecified atom stereocenters. The molecule has 0 radical (unpaired) electrons. The molecule has 6 heteroatoms. The first-order valence-corrected chi connectivity index (χ1v) is 7.12. The lowest BCUT2D eigenvalue weighted by atomic mass is 10.3. The van der Waals surface area contributed by atoms with Crippen LogP contribution < -0.4 is 5.32 Å². The Kier molecular flexibility index (Phi) is 4.76. The summed E-state index contributed by atoms with van der Waals surface area (Å²) >= 11 is 7.07. The summed E-state index contributed by atoms with van der Waals surface area (Å²) in [6.07, 6.45) is 0. The van der Waals surface area contributed by atoms with E-state index in [9.17, 15) is 15.0 Å². The Labute approximate surface area is 125 Å². The van der Waals surface area contributed by atoms with Crippen molar-refractivity contribution in [3.05, 3.63) is 47.5 Å². The highest BCUT2D eigenvalue weighted by atomic mass is 35.5. The van der Waals surface area contributed by atoms with Gasteiger partial charge in [0.1, 0.15) is 11.5 Å². The highest BCUT2D eigenvalue weighted by Crippen LogP contribution is 2.29. The van der Waals surface area contributed by atoms with Crippen molar-refractivity contribution in [2.45, 2.75) is 4.90 Å². The molecule has 2 aromatic rings. The predicted octanol–water partition coefficient (Wildman–Crippen LogP) is 3.48. The molecule has 0 aliphatic carbocycles. The van der Waals surface area contributed by atoms with Gasteiger partial charge in [0, 0.05) is 4.90 Å². The number of hydrogen-bond acceptors (Lipinski definition) is 4. The van der Waals surface area contributed by atoms with Crippen molar-refractivity contribution >= 4 is 35.0 Å². The van der Waals surface area contributed by atoms with Crippen molar-refractivity contribution in [3.63, 3.8) is 0 Å². The summed E-state index contributed by atoms with van der Waals surface area (Å²) in [4.78, 5) is 12.5. The van der Waals surface area contributed by atoms with Crippen LogP contribution in [0.5, 0.6) is 11.5 Å². The number of anilines is 1. The number of benzene rings is 2. The first-order chi connectivity index (χ1) is 9.56. The molecular formula is C14H12ClNO3S. The Hall–Kier alpha value is -1.85. The molecule has 0 atom stereocenters. The van der Waals surface area contributed by atoms with E-state index in [1.165, 1.54) is 23.9 Å². The topological polar surface area (TPSA) is 69.6 Å². The number of phenolic OH excluding ortho intramolecular Hbond substituents is 2. The van der Waals surface area contributed by atoms with Crippen LogP contribution in [0.3, 0.4) is 0 Å². The van der Waals surface area contributed by atoms with Gasteiger partial charge in [-0.05, 0) is 30.3 Å². The van der Waals surface area contributed by atoms with Gasteiger partial charge in [-0.3, -0.25) is 4.79 Å². The van der Waals surface area contributed by atoms with Gasteiger partial charge in [0.05, 0.1) is 16.5 Å². The third kappa shape index (κ3) is 3.82. The molecule has 0 bridgehead atoms. The average Bonchev–Trinajstić information content (AvgIpc) is 2.43. The molecule has 0 saturated heterocycles. The van der Waals surface area contributed by atoms with E-state index in [1.54, 1.807) is 30.3 Å². The van der Waals surface area contributed by atoms with E-state index in [1.807, 2.05) is 0 Å². The third-order valence-corrected chi connectivity index (χ3v) is 3.76. The van der Waals surface area contributed by atoms with Crippen LogP contribution in [0.4, 0.5) is 5.69 Å². The molecule has 0 aliphatic heterocycles. The summed E-state index contributed by atoms with van der Waals surface area (Å²) in [5.41, 5.74) is 0.377. The minimum absolute atomic E-state index is 0.00896. The lowest BCUT2D eigenvalue weighted by Crippen LogP contribution is -2.13. The summed E-state index contributed by atoms with van der Waals surface area (Å²) < 4.78 is 0. The van der Waals surface area contributed by atoms with E-state index in [4.69, 9.17) is 11.6 Å². The summed E-state index contributed by atoms with van der Waals surface area (Å²) in [5.74, 6) is -0.0241. The average molecular weight is 310 g/mol.